The van der Waals surface area contributed by atoms with Crippen LogP contribution in [0.4, 0.5) is 11.4 Å². The molecule has 0 aliphatic rings. The molecule has 0 saturated heterocycles. The minimum Gasteiger partial charge on any atom is -0.493 e. The summed E-state index contributed by atoms with van der Waals surface area (Å²) >= 11 is 0. The van der Waals surface area contributed by atoms with Crippen molar-refractivity contribution in [3.63, 3.8) is 0 Å². The minimum absolute atomic E-state index is 0.363. The average Bonchev–Trinajstić information content (AvgIpc) is 2.91. The van der Waals surface area contributed by atoms with Crippen molar-refractivity contribution in [1.82, 2.24) is 0 Å². The molecule has 0 aliphatic carbocycles. The van der Waals surface area contributed by atoms with E-state index in [4.69, 9.17) is 18.7 Å². The number of ether oxygens (including phenoxy) is 3. The zero-order valence-electron chi connectivity index (χ0n) is 22.9. The predicted molar refractivity (Wildman–Crippen MR) is 152 cm³/mol. The highest BCUT2D eigenvalue weighted by Crippen LogP contribution is 2.60. The first-order valence-corrected chi connectivity index (χ1v) is 14.1. The van der Waals surface area contributed by atoms with Crippen LogP contribution in [-0.4, -0.2) is 42.0 Å². The molecule has 0 heterocycles. The van der Waals surface area contributed by atoms with E-state index in [1.54, 1.807) is 21.3 Å². The van der Waals surface area contributed by atoms with E-state index in [9.17, 15) is 0 Å². The van der Waals surface area contributed by atoms with Gasteiger partial charge in [0.15, 0.2) is 11.5 Å². The van der Waals surface area contributed by atoms with E-state index < -0.39 is 13.2 Å². The molecule has 2 atom stereocenters. The van der Waals surface area contributed by atoms with Gasteiger partial charge in [-0.3, -0.25) is 4.57 Å². The van der Waals surface area contributed by atoms with Crippen LogP contribution in [-0.2, 0) is 9.09 Å². The molecule has 200 valence electrons. The molecular weight excluding hydrogens is 487 g/mol. The maximum Gasteiger partial charge on any atom is 0.258 e. The molecule has 0 bridgehead atoms. The number of nitrogens with one attached hydrogen (secondary N) is 1. The van der Waals surface area contributed by atoms with Crippen LogP contribution in [0, 0.1) is 5.92 Å². The highest BCUT2D eigenvalue weighted by atomic mass is 31.2. The van der Waals surface area contributed by atoms with Gasteiger partial charge in [0.2, 0.25) is 5.75 Å². The molecular formula is C29H39N2O5P. The van der Waals surface area contributed by atoms with Crippen molar-refractivity contribution in [2.24, 2.45) is 5.92 Å². The van der Waals surface area contributed by atoms with Crippen LogP contribution in [0.25, 0.3) is 0 Å². The lowest BCUT2D eigenvalue weighted by Gasteiger charge is -2.31. The lowest BCUT2D eigenvalue weighted by molar-refractivity contribution is 0.289. The lowest BCUT2D eigenvalue weighted by Crippen LogP contribution is -2.22. The Labute approximate surface area is 221 Å². The monoisotopic (exact) mass is 526 g/mol. The average molecular weight is 527 g/mol. The van der Waals surface area contributed by atoms with Crippen LogP contribution in [0.1, 0.15) is 31.6 Å². The van der Waals surface area contributed by atoms with Crippen molar-refractivity contribution in [3.05, 3.63) is 72.3 Å². The fraction of sp³-hybridized carbons (Fsp3) is 0.379. The van der Waals surface area contributed by atoms with Gasteiger partial charge in [0.05, 0.1) is 27.9 Å². The SMILES string of the molecule is COc1cc([C@@H](Nc2ccccc2)[P@@](=O)(OCCC(C)C)c2ccc(N(C)C)cc2)cc(OC)c1OC. The van der Waals surface area contributed by atoms with Gasteiger partial charge in [0.1, 0.15) is 5.78 Å². The topological polar surface area (TPSA) is 69.3 Å². The van der Waals surface area contributed by atoms with Crippen LogP contribution < -0.4 is 29.7 Å². The maximum atomic E-state index is 15.1. The summed E-state index contributed by atoms with van der Waals surface area (Å²) in [6, 6.07) is 21.1. The van der Waals surface area contributed by atoms with Crippen molar-refractivity contribution in [2.45, 2.75) is 26.1 Å². The van der Waals surface area contributed by atoms with E-state index in [2.05, 4.69) is 19.2 Å². The highest BCUT2D eigenvalue weighted by molar-refractivity contribution is 7.67. The minimum atomic E-state index is -3.54. The van der Waals surface area contributed by atoms with Gasteiger partial charge in [-0.05, 0) is 66.4 Å². The molecule has 0 unspecified atom stereocenters. The van der Waals surface area contributed by atoms with Crippen molar-refractivity contribution in [1.29, 1.82) is 0 Å². The van der Waals surface area contributed by atoms with Gasteiger partial charge in [-0.1, -0.05) is 32.0 Å². The first kappa shape index (κ1) is 28.4. The summed E-state index contributed by atoms with van der Waals surface area (Å²) in [6.45, 7) is 4.61. The molecule has 0 spiro atoms. The number of rotatable bonds is 13. The molecule has 8 heteroatoms. The number of nitrogens with zero attached hydrogens (tertiary/aromatic N) is 1. The zero-order chi connectivity index (χ0) is 27.0. The fourth-order valence-corrected chi connectivity index (χ4v) is 6.39. The second-order valence-electron chi connectivity index (χ2n) is 9.40. The lowest BCUT2D eigenvalue weighted by atomic mass is 10.1. The van der Waals surface area contributed by atoms with Crippen molar-refractivity contribution < 1.29 is 23.3 Å². The Morgan fingerprint density at radius 3 is 1.95 bits per heavy atom. The zero-order valence-corrected chi connectivity index (χ0v) is 23.7. The molecule has 0 amide bonds. The summed E-state index contributed by atoms with van der Waals surface area (Å²) in [6.07, 6.45) is 0.785. The standard InChI is InChI=1S/C29H39N2O5P/c1-21(2)17-18-36-37(32,25-15-13-24(14-16-25)31(3)4)29(30-23-11-9-8-10-12-23)22-19-26(33-5)28(35-7)27(20-22)34-6/h8-16,19-21,29-30H,17-18H2,1-7H3/t29-,37-/m0/s1. The van der Waals surface area contributed by atoms with E-state index in [0.717, 1.165) is 17.8 Å². The van der Waals surface area contributed by atoms with E-state index >= 15 is 4.57 Å². The quantitative estimate of drug-likeness (QED) is 0.253. The van der Waals surface area contributed by atoms with Crippen molar-refractivity contribution in [2.75, 3.05) is 52.2 Å². The third-order valence-corrected chi connectivity index (χ3v) is 8.82. The van der Waals surface area contributed by atoms with Crippen molar-refractivity contribution >= 4 is 24.0 Å². The molecule has 3 rings (SSSR count). The fourth-order valence-electron chi connectivity index (χ4n) is 4.00. The van der Waals surface area contributed by atoms with Crippen LogP contribution in [0.15, 0.2) is 66.7 Å². The van der Waals surface area contributed by atoms with Gasteiger partial charge in [0, 0.05) is 30.8 Å². The molecule has 3 aromatic carbocycles. The van der Waals surface area contributed by atoms with Gasteiger partial charge in [-0.2, -0.15) is 0 Å². The van der Waals surface area contributed by atoms with E-state index in [1.165, 1.54) is 0 Å². The molecule has 0 fully saturated rings. The Kier molecular flexibility index (Phi) is 9.90. The maximum absolute atomic E-state index is 15.1. The Hall–Kier alpha value is -3.15. The van der Waals surface area contributed by atoms with Crippen LogP contribution in [0.5, 0.6) is 17.2 Å². The van der Waals surface area contributed by atoms with Crippen LogP contribution >= 0.6 is 7.37 Å². The molecule has 0 radical (unpaired) electrons. The third kappa shape index (κ3) is 6.79. The highest BCUT2D eigenvalue weighted by Gasteiger charge is 2.39. The number of methoxy groups -OCH3 is 3. The molecule has 0 saturated carbocycles. The Bertz CT molecular complexity index is 1160. The number of hydrogen-bond donors (Lipinski definition) is 1. The summed E-state index contributed by atoms with van der Waals surface area (Å²) in [5.41, 5.74) is 2.53. The van der Waals surface area contributed by atoms with Crippen LogP contribution in [0.2, 0.25) is 0 Å². The normalized spacial score (nSPS) is 13.5. The number of benzene rings is 3. The summed E-state index contributed by atoms with van der Waals surface area (Å²) in [7, 11) is 5.11. The van der Waals surface area contributed by atoms with Gasteiger partial charge in [0.25, 0.3) is 7.37 Å². The molecule has 3 aromatic rings. The predicted octanol–water partition coefficient (Wildman–Crippen LogP) is 6.56. The summed E-state index contributed by atoms with van der Waals surface area (Å²) < 4.78 is 38.3. The van der Waals surface area contributed by atoms with E-state index in [1.807, 2.05) is 85.7 Å². The van der Waals surface area contributed by atoms with Gasteiger partial charge in [-0.15, -0.1) is 0 Å². The summed E-state index contributed by atoms with van der Waals surface area (Å²) in [4.78, 5) is 2.01. The number of para-hydroxylation sites is 1. The molecule has 1 N–H and O–H groups in total. The Morgan fingerprint density at radius 1 is 0.865 bits per heavy atom. The van der Waals surface area contributed by atoms with E-state index in [0.29, 0.717) is 40.6 Å². The first-order chi connectivity index (χ1) is 17.7. The van der Waals surface area contributed by atoms with Crippen molar-refractivity contribution in [3.8, 4) is 17.2 Å². The number of anilines is 2. The van der Waals surface area contributed by atoms with E-state index in [-0.39, 0.29) is 0 Å². The Balaban J connectivity index is 2.22. The van der Waals surface area contributed by atoms with Gasteiger partial charge >= 0.3 is 0 Å². The largest absolute Gasteiger partial charge is 0.493 e. The summed E-state index contributed by atoms with van der Waals surface area (Å²) in [5.74, 6) is 1.12. The smallest absolute Gasteiger partial charge is 0.258 e. The molecule has 0 aliphatic heterocycles. The van der Waals surface area contributed by atoms with Gasteiger partial charge < -0.3 is 29.0 Å². The molecule has 7 nitrogen and oxygen atoms in total. The second kappa shape index (κ2) is 12.9. The molecule has 0 aromatic heterocycles. The molecule has 37 heavy (non-hydrogen) atoms. The second-order valence-corrected chi connectivity index (χ2v) is 11.9. The van der Waals surface area contributed by atoms with Crippen LogP contribution in [0.3, 0.4) is 0 Å². The Morgan fingerprint density at radius 2 is 1.46 bits per heavy atom. The summed E-state index contributed by atoms with van der Waals surface area (Å²) in [5, 5.41) is 4.13. The number of hydrogen-bond acceptors (Lipinski definition) is 7. The third-order valence-electron chi connectivity index (χ3n) is 6.12. The van der Waals surface area contributed by atoms with Gasteiger partial charge in [-0.25, -0.2) is 0 Å². The first-order valence-electron chi connectivity index (χ1n) is 12.4.